The molecule has 1 saturated carbocycles. The average molecular weight is 141 g/mol. The second-order valence-corrected chi connectivity index (χ2v) is 2.96. The number of ether oxygens (including phenoxy) is 1. The molecule has 1 aliphatic heterocycles. The van der Waals surface area contributed by atoms with Gasteiger partial charge in [0, 0.05) is 12.5 Å². The average Bonchev–Trinajstić information content (AvgIpc) is 2.59. The standard InChI is InChI=1S/C7H11NO2/c9-7-4-3-6(10-7)8-5-1-2-5/h5-6,8H,1-4H2. The van der Waals surface area contributed by atoms with E-state index in [0.717, 1.165) is 6.42 Å². The number of hydrogen-bond donors (Lipinski definition) is 1. The van der Waals surface area contributed by atoms with Crippen molar-refractivity contribution in [1.82, 2.24) is 5.32 Å². The maximum Gasteiger partial charge on any atom is 0.307 e. The first-order chi connectivity index (χ1) is 4.84. The Kier molecular flexibility index (Phi) is 1.38. The highest BCUT2D eigenvalue weighted by Crippen LogP contribution is 2.22. The Morgan fingerprint density at radius 1 is 1.40 bits per heavy atom. The molecule has 3 nitrogen and oxygen atoms in total. The Morgan fingerprint density at radius 2 is 2.20 bits per heavy atom. The number of nitrogens with one attached hydrogen (secondary N) is 1. The highest BCUT2D eigenvalue weighted by Gasteiger charge is 2.29. The number of carbonyl (C=O) groups excluding carboxylic acids is 1. The van der Waals surface area contributed by atoms with Crippen LogP contribution in [0, 0.1) is 0 Å². The maximum absolute atomic E-state index is 10.6. The van der Waals surface area contributed by atoms with Gasteiger partial charge in [-0.05, 0) is 12.8 Å². The fourth-order valence-electron chi connectivity index (χ4n) is 1.16. The molecule has 1 heterocycles. The van der Waals surface area contributed by atoms with Gasteiger partial charge >= 0.3 is 5.97 Å². The Morgan fingerprint density at radius 3 is 2.70 bits per heavy atom. The third-order valence-electron chi connectivity index (χ3n) is 1.88. The normalized spacial score (nSPS) is 32.4. The molecule has 2 aliphatic rings. The van der Waals surface area contributed by atoms with Gasteiger partial charge in [-0.3, -0.25) is 10.1 Å². The van der Waals surface area contributed by atoms with E-state index in [1.54, 1.807) is 0 Å². The van der Waals surface area contributed by atoms with Crippen LogP contribution in [-0.4, -0.2) is 18.2 Å². The molecule has 1 aliphatic carbocycles. The summed E-state index contributed by atoms with van der Waals surface area (Å²) in [7, 11) is 0. The Hall–Kier alpha value is -0.570. The smallest absolute Gasteiger partial charge is 0.307 e. The molecule has 1 saturated heterocycles. The van der Waals surface area contributed by atoms with Gasteiger partial charge in [0.2, 0.25) is 0 Å². The van der Waals surface area contributed by atoms with Crippen LogP contribution in [0.25, 0.3) is 0 Å². The SMILES string of the molecule is O=C1CCC(NC2CC2)O1. The van der Waals surface area contributed by atoms with Crippen molar-refractivity contribution >= 4 is 5.97 Å². The molecule has 10 heavy (non-hydrogen) atoms. The highest BCUT2D eigenvalue weighted by molar-refractivity contribution is 5.71. The minimum atomic E-state index is -0.0573. The van der Waals surface area contributed by atoms with E-state index in [4.69, 9.17) is 4.74 Å². The number of rotatable bonds is 2. The van der Waals surface area contributed by atoms with Crippen LogP contribution in [0.3, 0.4) is 0 Å². The molecule has 0 aromatic heterocycles. The molecule has 2 fully saturated rings. The lowest BCUT2D eigenvalue weighted by molar-refractivity contribution is -0.142. The second kappa shape index (κ2) is 2.23. The minimum Gasteiger partial charge on any atom is -0.447 e. The predicted octanol–water partition coefficient (Wildman–Crippen LogP) is 0.402. The molecule has 1 N–H and O–H groups in total. The maximum atomic E-state index is 10.6. The van der Waals surface area contributed by atoms with Crippen molar-refractivity contribution in [1.29, 1.82) is 0 Å². The quantitative estimate of drug-likeness (QED) is 0.566. The first-order valence-corrected chi connectivity index (χ1v) is 3.80. The molecule has 0 spiro atoms. The number of esters is 1. The lowest BCUT2D eigenvalue weighted by atomic mass is 10.3. The van der Waals surface area contributed by atoms with Crippen molar-refractivity contribution in [2.45, 2.75) is 38.0 Å². The van der Waals surface area contributed by atoms with Gasteiger partial charge in [-0.25, -0.2) is 0 Å². The Balaban J connectivity index is 1.77. The van der Waals surface area contributed by atoms with Crippen LogP contribution in [-0.2, 0) is 9.53 Å². The van der Waals surface area contributed by atoms with E-state index < -0.39 is 0 Å². The van der Waals surface area contributed by atoms with Gasteiger partial charge in [-0.15, -0.1) is 0 Å². The van der Waals surface area contributed by atoms with Gasteiger partial charge in [-0.1, -0.05) is 0 Å². The number of hydrogen-bond acceptors (Lipinski definition) is 3. The van der Waals surface area contributed by atoms with Crippen LogP contribution in [0.15, 0.2) is 0 Å². The van der Waals surface area contributed by atoms with Crippen LogP contribution in [0.2, 0.25) is 0 Å². The highest BCUT2D eigenvalue weighted by atomic mass is 16.6. The topological polar surface area (TPSA) is 38.3 Å². The van der Waals surface area contributed by atoms with E-state index >= 15 is 0 Å². The van der Waals surface area contributed by atoms with Crippen molar-refractivity contribution in [3.63, 3.8) is 0 Å². The van der Waals surface area contributed by atoms with Gasteiger partial charge < -0.3 is 4.74 Å². The fraction of sp³-hybridized carbons (Fsp3) is 0.857. The largest absolute Gasteiger partial charge is 0.447 e. The molecular formula is C7H11NO2. The zero-order valence-electron chi connectivity index (χ0n) is 5.80. The van der Waals surface area contributed by atoms with Crippen molar-refractivity contribution in [2.24, 2.45) is 0 Å². The molecule has 0 bridgehead atoms. The summed E-state index contributed by atoms with van der Waals surface area (Å²) < 4.78 is 4.96. The van der Waals surface area contributed by atoms with E-state index in [-0.39, 0.29) is 12.2 Å². The van der Waals surface area contributed by atoms with Crippen molar-refractivity contribution in [3.05, 3.63) is 0 Å². The van der Waals surface area contributed by atoms with Crippen molar-refractivity contribution < 1.29 is 9.53 Å². The number of cyclic esters (lactones) is 1. The van der Waals surface area contributed by atoms with Crippen molar-refractivity contribution in [2.75, 3.05) is 0 Å². The Bertz CT molecular complexity index is 154. The molecule has 0 amide bonds. The molecule has 56 valence electrons. The van der Waals surface area contributed by atoms with Crippen molar-refractivity contribution in [3.8, 4) is 0 Å². The summed E-state index contributed by atoms with van der Waals surface area (Å²) in [6, 6.07) is 0.635. The first-order valence-electron chi connectivity index (χ1n) is 3.80. The molecule has 1 atom stereocenters. The minimum absolute atomic E-state index is 0.0278. The van der Waals surface area contributed by atoms with Gasteiger partial charge in [0.15, 0.2) is 6.23 Å². The summed E-state index contributed by atoms with van der Waals surface area (Å²) in [4.78, 5) is 10.6. The first kappa shape index (κ1) is 6.16. The molecule has 0 aromatic carbocycles. The van der Waals surface area contributed by atoms with Crippen LogP contribution in [0.1, 0.15) is 25.7 Å². The third-order valence-corrected chi connectivity index (χ3v) is 1.88. The lowest BCUT2D eigenvalue weighted by Gasteiger charge is -2.08. The molecule has 0 radical (unpaired) electrons. The van der Waals surface area contributed by atoms with Gasteiger partial charge in [-0.2, -0.15) is 0 Å². The van der Waals surface area contributed by atoms with E-state index in [9.17, 15) is 4.79 Å². The Labute approximate surface area is 59.7 Å². The number of carbonyl (C=O) groups is 1. The monoisotopic (exact) mass is 141 g/mol. The molecule has 2 rings (SSSR count). The van der Waals surface area contributed by atoms with E-state index in [1.807, 2.05) is 0 Å². The summed E-state index contributed by atoms with van der Waals surface area (Å²) in [5, 5.41) is 3.24. The lowest BCUT2D eigenvalue weighted by Crippen LogP contribution is -2.30. The summed E-state index contributed by atoms with van der Waals surface area (Å²) in [5.41, 5.74) is 0. The third kappa shape index (κ3) is 1.29. The van der Waals surface area contributed by atoms with Crippen LogP contribution >= 0.6 is 0 Å². The fourth-order valence-corrected chi connectivity index (χ4v) is 1.16. The van der Waals surface area contributed by atoms with Crippen LogP contribution in [0.5, 0.6) is 0 Å². The summed E-state index contributed by atoms with van der Waals surface area (Å²) in [6.07, 6.45) is 3.96. The van der Waals surface area contributed by atoms with E-state index in [2.05, 4.69) is 5.32 Å². The predicted molar refractivity (Wildman–Crippen MR) is 35.3 cm³/mol. The zero-order valence-corrected chi connectivity index (χ0v) is 5.80. The van der Waals surface area contributed by atoms with Gasteiger partial charge in [0.05, 0.1) is 6.42 Å². The van der Waals surface area contributed by atoms with Gasteiger partial charge in [0.1, 0.15) is 0 Å². The molecular weight excluding hydrogens is 130 g/mol. The summed E-state index contributed by atoms with van der Waals surface area (Å²) >= 11 is 0. The summed E-state index contributed by atoms with van der Waals surface area (Å²) in [6.45, 7) is 0. The summed E-state index contributed by atoms with van der Waals surface area (Å²) in [5.74, 6) is -0.0573. The van der Waals surface area contributed by atoms with Crippen LogP contribution in [0.4, 0.5) is 0 Å². The van der Waals surface area contributed by atoms with Crippen LogP contribution < -0.4 is 5.32 Å². The van der Waals surface area contributed by atoms with Gasteiger partial charge in [0.25, 0.3) is 0 Å². The van der Waals surface area contributed by atoms with E-state index in [1.165, 1.54) is 12.8 Å². The zero-order chi connectivity index (χ0) is 6.97. The second-order valence-electron chi connectivity index (χ2n) is 2.96. The van der Waals surface area contributed by atoms with E-state index in [0.29, 0.717) is 12.5 Å². The molecule has 1 unspecified atom stereocenters. The molecule has 0 aromatic rings. The molecule has 3 heteroatoms.